The predicted octanol–water partition coefficient (Wildman–Crippen LogP) is 0.614. The van der Waals surface area contributed by atoms with Crippen LogP contribution in [0, 0.1) is 5.41 Å². The van der Waals surface area contributed by atoms with Crippen molar-refractivity contribution in [1.82, 2.24) is 5.32 Å². The molecule has 7 heteroatoms. The van der Waals surface area contributed by atoms with Gasteiger partial charge in [0.2, 0.25) is 5.91 Å². The van der Waals surface area contributed by atoms with E-state index >= 15 is 0 Å². The second kappa shape index (κ2) is 12.4. The number of hydrogen-bond acceptors (Lipinski definition) is 6. The van der Waals surface area contributed by atoms with Crippen LogP contribution in [0.1, 0.15) is 32.8 Å². The Morgan fingerprint density at radius 2 is 1.76 bits per heavy atom. The maximum Gasteiger partial charge on any atom is 0.307 e. The lowest BCUT2D eigenvalue weighted by Gasteiger charge is -2.27. The van der Waals surface area contributed by atoms with E-state index in [0.717, 1.165) is 5.56 Å². The summed E-state index contributed by atoms with van der Waals surface area (Å²) in [5, 5.41) is 28.9. The van der Waals surface area contributed by atoms with Crippen molar-refractivity contribution in [3.05, 3.63) is 35.9 Å². The van der Waals surface area contributed by atoms with Crippen molar-refractivity contribution in [3.63, 3.8) is 0 Å². The van der Waals surface area contributed by atoms with Crippen LogP contribution in [0.4, 0.5) is 0 Å². The van der Waals surface area contributed by atoms with E-state index in [1.807, 2.05) is 30.3 Å². The third kappa shape index (κ3) is 9.81. The number of carbonyl (C=O) groups is 2. The Balaban J connectivity index is 0.00000178. The van der Waals surface area contributed by atoms with Crippen LogP contribution in [0.15, 0.2) is 30.3 Å². The SMILES string of the molecule is CC(C)(CO)[C@@H](O)C(=O)NCCC(=O)OCc1ccccc1.CCO. The summed E-state index contributed by atoms with van der Waals surface area (Å²) < 4.78 is 5.07. The molecule has 0 aliphatic heterocycles. The second-order valence-corrected chi connectivity index (χ2v) is 6.05. The van der Waals surface area contributed by atoms with Gasteiger partial charge >= 0.3 is 5.97 Å². The van der Waals surface area contributed by atoms with E-state index in [9.17, 15) is 14.7 Å². The maximum atomic E-state index is 11.7. The zero-order valence-electron chi connectivity index (χ0n) is 15.1. The lowest BCUT2D eigenvalue weighted by Crippen LogP contribution is -2.46. The van der Waals surface area contributed by atoms with Crippen molar-refractivity contribution in [3.8, 4) is 0 Å². The number of amides is 1. The number of aliphatic hydroxyl groups excluding tert-OH is 3. The molecule has 0 radical (unpaired) electrons. The molecule has 0 bridgehead atoms. The minimum atomic E-state index is -1.34. The van der Waals surface area contributed by atoms with Crippen molar-refractivity contribution in [1.29, 1.82) is 0 Å². The van der Waals surface area contributed by atoms with E-state index < -0.39 is 23.4 Å². The van der Waals surface area contributed by atoms with Crippen molar-refractivity contribution >= 4 is 11.9 Å². The van der Waals surface area contributed by atoms with Crippen molar-refractivity contribution < 1.29 is 29.6 Å². The van der Waals surface area contributed by atoms with Gasteiger partial charge in [-0.3, -0.25) is 9.59 Å². The highest BCUT2D eigenvalue weighted by atomic mass is 16.5. The van der Waals surface area contributed by atoms with Crippen LogP contribution in [0.25, 0.3) is 0 Å². The largest absolute Gasteiger partial charge is 0.461 e. The van der Waals surface area contributed by atoms with E-state index in [1.54, 1.807) is 20.8 Å². The minimum absolute atomic E-state index is 0.0187. The third-order valence-electron chi connectivity index (χ3n) is 3.27. The molecule has 0 aromatic heterocycles. The molecule has 25 heavy (non-hydrogen) atoms. The van der Waals surface area contributed by atoms with E-state index in [1.165, 1.54) is 0 Å². The number of esters is 1. The Morgan fingerprint density at radius 3 is 2.28 bits per heavy atom. The Labute approximate surface area is 148 Å². The van der Waals surface area contributed by atoms with Crippen LogP contribution in [-0.4, -0.2) is 53.1 Å². The highest BCUT2D eigenvalue weighted by molar-refractivity contribution is 5.81. The zero-order valence-corrected chi connectivity index (χ0v) is 15.1. The molecular formula is C18H29NO6. The van der Waals surface area contributed by atoms with Gasteiger partial charge < -0.3 is 25.4 Å². The predicted molar refractivity (Wildman–Crippen MR) is 93.5 cm³/mol. The molecule has 1 aromatic carbocycles. The standard InChI is InChI=1S/C16H23NO5.C2H6O/c1-16(2,11-18)14(20)15(21)17-9-8-13(19)22-10-12-6-4-3-5-7-12;1-2-3/h3-7,14,18,20H,8-11H2,1-2H3,(H,17,21);3H,2H2,1H3/t14-;/m0./s1. The van der Waals surface area contributed by atoms with Crippen LogP contribution < -0.4 is 5.32 Å². The number of carbonyl (C=O) groups excluding carboxylic acids is 2. The highest BCUT2D eigenvalue weighted by Crippen LogP contribution is 2.19. The number of aliphatic hydroxyl groups is 3. The molecule has 0 heterocycles. The molecule has 0 unspecified atom stereocenters. The maximum absolute atomic E-state index is 11.7. The first kappa shape index (κ1) is 23.0. The van der Waals surface area contributed by atoms with Gasteiger partial charge in [-0.15, -0.1) is 0 Å². The van der Waals surface area contributed by atoms with Crippen molar-refractivity contribution in [2.45, 2.75) is 39.9 Å². The topological polar surface area (TPSA) is 116 Å². The molecule has 0 saturated heterocycles. The van der Waals surface area contributed by atoms with Crippen LogP contribution >= 0.6 is 0 Å². The lowest BCUT2D eigenvalue weighted by atomic mass is 9.87. The zero-order chi connectivity index (χ0) is 19.3. The van der Waals surface area contributed by atoms with Gasteiger partial charge in [0, 0.05) is 18.6 Å². The molecule has 0 aliphatic carbocycles. The quantitative estimate of drug-likeness (QED) is 0.508. The Morgan fingerprint density at radius 1 is 1.20 bits per heavy atom. The lowest BCUT2D eigenvalue weighted by molar-refractivity contribution is -0.145. The number of ether oxygens (including phenoxy) is 1. The summed E-state index contributed by atoms with van der Waals surface area (Å²) in [6, 6.07) is 9.28. The first-order valence-corrected chi connectivity index (χ1v) is 8.15. The molecule has 1 atom stereocenters. The summed E-state index contributed by atoms with van der Waals surface area (Å²) in [6.07, 6.45) is -1.32. The van der Waals surface area contributed by atoms with Crippen LogP contribution in [0.3, 0.4) is 0 Å². The van der Waals surface area contributed by atoms with E-state index in [4.69, 9.17) is 14.9 Å². The molecule has 4 N–H and O–H groups in total. The van der Waals surface area contributed by atoms with Gasteiger partial charge in [-0.1, -0.05) is 44.2 Å². The summed E-state index contributed by atoms with van der Waals surface area (Å²) in [6.45, 7) is 5.02. The summed E-state index contributed by atoms with van der Waals surface area (Å²) in [5.41, 5.74) is -0.0437. The average molecular weight is 355 g/mol. The van der Waals surface area contributed by atoms with Crippen molar-refractivity contribution in [2.75, 3.05) is 19.8 Å². The fourth-order valence-electron chi connectivity index (χ4n) is 1.64. The molecule has 0 fully saturated rings. The summed E-state index contributed by atoms with van der Waals surface area (Å²) in [4.78, 5) is 23.2. The molecule has 1 rings (SSSR count). The first-order chi connectivity index (χ1) is 11.8. The molecule has 1 aromatic rings. The van der Waals surface area contributed by atoms with Gasteiger partial charge in [-0.05, 0) is 12.5 Å². The fraction of sp³-hybridized carbons (Fsp3) is 0.556. The van der Waals surface area contributed by atoms with E-state index in [0.29, 0.717) is 0 Å². The molecule has 0 spiro atoms. The molecule has 7 nitrogen and oxygen atoms in total. The third-order valence-corrected chi connectivity index (χ3v) is 3.27. The number of rotatable bonds is 8. The Kier molecular flexibility index (Phi) is 11.4. The van der Waals surface area contributed by atoms with E-state index in [2.05, 4.69) is 5.32 Å². The highest BCUT2D eigenvalue weighted by Gasteiger charge is 2.32. The monoisotopic (exact) mass is 355 g/mol. The number of nitrogens with one attached hydrogen (secondary N) is 1. The number of benzene rings is 1. The molecule has 0 aliphatic rings. The van der Waals surface area contributed by atoms with Crippen LogP contribution in [0.2, 0.25) is 0 Å². The van der Waals surface area contributed by atoms with Crippen LogP contribution in [-0.2, 0) is 20.9 Å². The van der Waals surface area contributed by atoms with Gasteiger partial charge in [0.25, 0.3) is 0 Å². The number of hydrogen-bond donors (Lipinski definition) is 4. The van der Waals surface area contributed by atoms with Crippen molar-refractivity contribution in [2.24, 2.45) is 5.41 Å². The van der Waals surface area contributed by atoms with E-state index in [-0.39, 0.29) is 32.8 Å². The van der Waals surface area contributed by atoms with Gasteiger partial charge in [0.1, 0.15) is 12.7 Å². The fourth-order valence-corrected chi connectivity index (χ4v) is 1.64. The summed E-state index contributed by atoms with van der Waals surface area (Å²) in [5.74, 6) is -1.05. The normalized spacial score (nSPS) is 11.8. The second-order valence-electron chi connectivity index (χ2n) is 6.05. The summed E-state index contributed by atoms with van der Waals surface area (Å²) >= 11 is 0. The van der Waals surface area contributed by atoms with Gasteiger partial charge in [-0.25, -0.2) is 0 Å². The Hall–Kier alpha value is -1.96. The molecule has 142 valence electrons. The molecular weight excluding hydrogens is 326 g/mol. The van der Waals surface area contributed by atoms with Gasteiger partial charge in [-0.2, -0.15) is 0 Å². The average Bonchev–Trinajstić information content (AvgIpc) is 2.60. The smallest absolute Gasteiger partial charge is 0.307 e. The minimum Gasteiger partial charge on any atom is -0.461 e. The van der Waals surface area contributed by atoms with Gasteiger partial charge in [0.15, 0.2) is 0 Å². The first-order valence-electron chi connectivity index (χ1n) is 8.15. The summed E-state index contributed by atoms with van der Waals surface area (Å²) in [7, 11) is 0. The van der Waals surface area contributed by atoms with Gasteiger partial charge in [0.05, 0.1) is 13.0 Å². The Bertz CT molecular complexity index is 504. The molecule has 1 amide bonds. The molecule has 0 saturated carbocycles. The van der Waals surface area contributed by atoms with Crippen LogP contribution in [0.5, 0.6) is 0 Å².